The lowest BCUT2D eigenvalue weighted by Crippen LogP contribution is -2.62. The molecule has 1 heterocycles. The number of benzene rings is 2. The topological polar surface area (TPSA) is 102 Å². The molecule has 0 bridgehead atoms. The molecule has 2 unspecified atom stereocenters. The van der Waals surface area contributed by atoms with Crippen LogP contribution in [-0.4, -0.2) is 58.2 Å². The van der Waals surface area contributed by atoms with Gasteiger partial charge in [0.05, 0.1) is 0 Å². The molecule has 1 aliphatic rings. The molecule has 3 rings (SSSR count). The van der Waals surface area contributed by atoms with E-state index in [2.05, 4.69) is 46.0 Å². The van der Waals surface area contributed by atoms with Gasteiger partial charge in [0, 0.05) is 23.2 Å². The second kappa shape index (κ2) is 13.0. The van der Waals surface area contributed by atoms with E-state index in [0.717, 1.165) is 25.2 Å². The molecule has 0 aromatic heterocycles. The summed E-state index contributed by atoms with van der Waals surface area (Å²) in [6.07, 6.45) is -1.37. The van der Waals surface area contributed by atoms with Crippen LogP contribution in [0.25, 0.3) is 0 Å². The Bertz CT molecular complexity index is 1200. The summed E-state index contributed by atoms with van der Waals surface area (Å²) in [5.74, 6) is 9.15. The predicted octanol–water partition coefficient (Wildman–Crippen LogP) is 2.70. The van der Waals surface area contributed by atoms with E-state index >= 15 is 0 Å². The van der Waals surface area contributed by atoms with Gasteiger partial charge in [0.25, 0.3) is 18.2 Å². The number of hydrogen-bond donors (Lipinski definition) is 4. The van der Waals surface area contributed by atoms with Crippen molar-refractivity contribution < 1.29 is 28.7 Å². The van der Waals surface area contributed by atoms with E-state index in [0.29, 0.717) is 5.56 Å². The fraction of sp³-hybridized carbons (Fsp3) is 0.357. The number of rotatable bonds is 8. The van der Waals surface area contributed by atoms with Gasteiger partial charge in [0.15, 0.2) is 5.60 Å². The molecule has 194 valence electrons. The Hall–Kier alpha value is -3.76. The second-order valence-electron chi connectivity index (χ2n) is 8.79. The lowest BCUT2D eigenvalue weighted by atomic mass is 9.90. The lowest BCUT2D eigenvalue weighted by Gasteiger charge is -2.33. The van der Waals surface area contributed by atoms with Crippen molar-refractivity contribution in [1.82, 2.24) is 15.7 Å². The van der Waals surface area contributed by atoms with Gasteiger partial charge in [-0.25, -0.2) is 14.3 Å². The van der Waals surface area contributed by atoms with Gasteiger partial charge >= 0.3 is 0 Å². The number of aliphatic hydroxyl groups is 1. The lowest BCUT2D eigenvalue weighted by molar-refractivity contribution is -0.154. The average molecular weight is 510 g/mol. The average Bonchev–Trinajstić information content (AvgIpc) is 3.43. The fourth-order valence-electron chi connectivity index (χ4n) is 3.99. The normalized spacial score (nSPS) is 15.5. The van der Waals surface area contributed by atoms with Crippen LogP contribution in [0.4, 0.5) is 8.78 Å². The standard InChI is InChI=1S/C28H29F2N3O4/c1-2-28(36,27(29)30)24(26(35)32-37)31-25(34)23-15-13-21(14-16-23)8-4-3-7-20-9-11-22(12-10-20)19-33-17-5-6-18-33/h9-16,24,27,36-37H,2,5-6,17-19H2,1H3,(H,31,34)(H,32,35). The third kappa shape index (κ3) is 7.37. The molecule has 2 atom stereocenters. The van der Waals surface area contributed by atoms with Gasteiger partial charge in [0.2, 0.25) is 0 Å². The molecule has 7 nitrogen and oxygen atoms in total. The van der Waals surface area contributed by atoms with E-state index < -0.39 is 36.3 Å². The number of hydroxylamine groups is 1. The zero-order valence-corrected chi connectivity index (χ0v) is 20.4. The summed E-state index contributed by atoms with van der Waals surface area (Å²) in [4.78, 5) is 26.8. The Labute approximate surface area is 214 Å². The first kappa shape index (κ1) is 27.8. The SMILES string of the molecule is CCC(O)(C(F)F)C(NC(=O)c1ccc(C#CC#Cc2ccc(CN3CCCC3)cc2)cc1)C(=O)NO. The van der Waals surface area contributed by atoms with E-state index in [4.69, 9.17) is 5.21 Å². The van der Waals surface area contributed by atoms with Crippen LogP contribution in [-0.2, 0) is 11.3 Å². The molecule has 1 saturated heterocycles. The minimum Gasteiger partial charge on any atom is -0.381 e. The van der Waals surface area contributed by atoms with Crippen LogP contribution in [0.3, 0.4) is 0 Å². The van der Waals surface area contributed by atoms with Crippen molar-refractivity contribution in [2.24, 2.45) is 0 Å². The van der Waals surface area contributed by atoms with Gasteiger partial charge in [0.1, 0.15) is 6.04 Å². The smallest absolute Gasteiger partial charge is 0.269 e. The van der Waals surface area contributed by atoms with Gasteiger partial charge in [-0.2, -0.15) is 0 Å². The number of nitrogens with zero attached hydrogens (tertiary/aromatic N) is 1. The van der Waals surface area contributed by atoms with Gasteiger partial charge in [-0.1, -0.05) is 30.9 Å². The van der Waals surface area contributed by atoms with E-state index in [1.54, 1.807) is 0 Å². The van der Waals surface area contributed by atoms with Gasteiger partial charge < -0.3 is 10.4 Å². The largest absolute Gasteiger partial charge is 0.381 e. The molecule has 0 aliphatic carbocycles. The van der Waals surface area contributed by atoms with Crippen molar-refractivity contribution in [3.8, 4) is 23.7 Å². The Morgan fingerprint density at radius 2 is 1.54 bits per heavy atom. The molecule has 0 saturated carbocycles. The van der Waals surface area contributed by atoms with Crippen LogP contribution in [0.5, 0.6) is 0 Å². The Kier molecular flexibility index (Phi) is 9.76. The zero-order chi connectivity index (χ0) is 26.8. The number of likely N-dealkylation sites (tertiary alicyclic amines) is 1. The summed E-state index contributed by atoms with van der Waals surface area (Å²) in [6.45, 7) is 4.47. The third-order valence-electron chi connectivity index (χ3n) is 6.27. The number of nitrogens with one attached hydrogen (secondary N) is 2. The number of carbonyl (C=O) groups is 2. The first-order valence-electron chi connectivity index (χ1n) is 12.0. The number of halogens is 2. The van der Waals surface area contributed by atoms with Crippen molar-refractivity contribution in [1.29, 1.82) is 0 Å². The quantitative estimate of drug-likeness (QED) is 0.249. The third-order valence-corrected chi connectivity index (χ3v) is 6.27. The first-order valence-corrected chi connectivity index (χ1v) is 12.0. The minimum atomic E-state index is -3.34. The highest BCUT2D eigenvalue weighted by molar-refractivity contribution is 5.97. The van der Waals surface area contributed by atoms with Crippen LogP contribution >= 0.6 is 0 Å². The Morgan fingerprint density at radius 1 is 1.00 bits per heavy atom. The molecular formula is C28H29F2N3O4. The highest BCUT2D eigenvalue weighted by Crippen LogP contribution is 2.25. The van der Waals surface area contributed by atoms with Crippen LogP contribution in [0.15, 0.2) is 48.5 Å². The van der Waals surface area contributed by atoms with Crippen molar-refractivity contribution in [3.05, 3.63) is 70.8 Å². The maximum absolute atomic E-state index is 13.4. The number of carbonyl (C=O) groups excluding carboxylic acids is 2. The van der Waals surface area contributed by atoms with Crippen molar-refractivity contribution in [2.45, 2.75) is 50.8 Å². The highest BCUT2D eigenvalue weighted by atomic mass is 19.3. The molecule has 1 fully saturated rings. The van der Waals surface area contributed by atoms with Gasteiger partial charge in [-0.15, -0.1) is 0 Å². The van der Waals surface area contributed by atoms with E-state index in [9.17, 15) is 23.5 Å². The summed E-state index contributed by atoms with van der Waals surface area (Å²) in [5.41, 5.74) is 1.06. The van der Waals surface area contributed by atoms with Crippen LogP contribution in [0.2, 0.25) is 0 Å². The highest BCUT2D eigenvalue weighted by Gasteiger charge is 2.48. The van der Waals surface area contributed by atoms with Crippen molar-refractivity contribution in [2.75, 3.05) is 13.1 Å². The summed E-state index contributed by atoms with van der Waals surface area (Å²) >= 11 is 0. The predicted molar refractivity (Wildman–Crippen MR) is 134 cm³/mol. The molecule has 37 heavy (non-hydrogen) atoms. The van der Waals surface area contributed by atoms with E-state index in [1.165, 1.54) is 55.1 Å². The molecule has 0 radical (unpaired) electrons. The monoisotopic (exact) mass is 509 g/mol. The first-order chi connectivity index (χ1) is 17.8. The molecule has 2 aromatic carbocycles. The van der Waals surface area contributed by atoms with Gasteiger partial charge in [-0.05, 0) is 86.2 Å². The molecule has 4 N–H and O–H groups in total. The Morgan fingerprint density at radius 3 is 2.03 bits per heavy atom. The molecule has 9 heteroatoms. The summed E-state index contributed by atoms with van der Waals surface area (Å²) in [5, 5.41) is 21.1. The second-order valence-corrected chi connectivity index (χ2v) is 8.79. The molecule has 2 aromatic rings. The maximum atomic E-state index is 13.4. The Balaban J connectivity index is 1.61. The summed E-state index contributed by atoms with van der Waals surface area (Å²) in [7, 11) is 0. The summed E-state index contributed by atoms with van der Waals surface area (Å²) < 4.78 is 26.8. The van der Waals surface area contributed by atoms with Crippen molar-refractivity contribution >= 4 is 11.8 Å². The number of hydrogen-bond acceptors (Lipinski definition) is 5. The van der Waals surface area contributed by atoms with Crippen LogP contribution in [0.1, 0.15) is 53.2 Å². The maximum Gasteiger partial charge on any atom is 0.269 e. The molecule has 0 spiro atoms. The summed E-state index contributed by atoms with van der Waals surface area (Å²) in [6, 6.07) is 11.9. The van der Waals surface area contributed by atoms with E-state index in [1.807, 2.05) is 12.1 Å². The fourth-order valence-corrected chi connectivity index (χ4v) is 3.99. The molecular weight excluding hydrogens is 480 g/mol. The minimum absolute atomic E-state index is 0.0501. The zero-order valence-electron chi connectivity index (χ0n) is 20.4. The van der Waals surface area contributed by atoms with Crippen LogP contribution < -0.4 is 10.8 Å². The number of amides is 2. The number of alkyl halides is 2. The van der Waals surface area contributed by atoms with Crippen LogP contribution in [0, 0.1) is 23.7 Å². The molecule has 2 amide bonds. The van der Waals surface area contributed by atoms with Crippen molar-refractivity contribution in [3.63, 3.8) is 0 Å². The van der Waals surface area contributed by atoms with Gasteiger partial charge in [-0.3, -0.25) is 19.7 Å². The van der Waals surface area contributed by atoms with E-state index in [-0.39, 0.29) is 5.56 Å². The molecule has 1 aliphatic heterocycles.